The van der Waals surface area contributed by atoms with Crippen LogP contribution in [0.5, 0.6) is 0 Å². The van der Waals surface area contributed by atoms with Gasteiger partial charge in [-0.25, -0.2) is 19.9 Å². The maximum atomic E-state index is 13.3. The minimum absolute atomic E-state index is 0.0759. The van der Waals surface area contributed by atoms with Crippen molar-refractivity contribution in [3.8, 4) is 0 Å². The zero-order valence-electron chi connectivity index (χ0n) is 19.3. The van der Waals surface area contributed by atoms with Crippen molar-refractivity contribution in [2.24, 2.45) is 0 Å². The van der Waals surface area contributed by atoms with Crippen LogP contribution in [0.15, 0.2) is 35.9 Å². The zero-order valence-corrected chi connectivity index (χ0v) is 19.3. The largest absolute Gasteiger partial charge is 0.341 e. The van der Waals surface area contributed by atoms with Gasteiger partial charge < -0.3 is 9.80 Å². The molecule has 3 aliphatic heterocycles. The van der Waals surface area contributed by atoms with E-state index in [2.05, 4.69) is 41.6 Å². The Balaban J connectivity index is 1.35. The smallest absolute Gasteiger partial charge is 0.225 e. The number of hydrogen-bond donors (Lipinski definition) is 0. The van der Waals surface area contributed by atoms with Crippen LogP contribution in [0, 0.1) is 0 Å². The standard InChI is InChI=1S/C25H31N7O/c1-2-30-17-21(11-19-13-26-24(27-14-19)31-7-3-4-8-31)23(33)22(18-30)12-20-15-28-25(29-16-20)32-9-5-6-10-32/h11-16H,2-10,17-18H2,1H3/b21-11-,22-12+. The van der Waals surface area contributed by atoms with Gasteiger partial charge in [-0.2, -0.15) is 0 Å². The lowest BCUT2D eigenvalue weighted by atomic mass is 9.95. The van der Waals surface area contributed by atoms with E-state index in [0.717, 1.165) is 66.9 Å². The molecule has 0 aromatic carbocycles. The molecular weight excluding hydrogens is 414 g/mol. The molecule has 0 saturated carbocycles. The molecule has 5 heterocycles. The van der Waals surface area contributed by atoms with Gasteiger partial charge in [0.2, 0.25) is 11.9 Å². The van der Waals surface area contributed by atoms with Crippen molar-refractivity contribution in [1.82, 2.24) is 24.8 Å². The third-order valence-corrected chi connectivity index (χ3v) is 6.59. The van der Waals surface area contributed by atoms with Gasteiger partial charge in [-0.15, -0.1) is 0 Å². The molecule has 0 spiro atoms. The number of likely N-dealkylation sites (tertiary alicyclic amines) is 1. The maximum Gasteiger partial charge on any atom is 0.225 e. The quantitative estimate of drug-likeness (QED) is 0.650. The minimum atomic E-state index is 0.0759. The molecule has 33 heavy (non-hydrogen) atoms. The fourth-order valence-electron chi connectivity index (χ4n) is 4.71. The molecule has 3 saturated heterocycles. The topological polar surface area (TPSA) is 78.4 Å². The molecule has 3 fully saturated rings. The number of aromatic nitrogens is 4. The van der Waals surface area contributed by atoms with Crippen molar-refractivity contribution < 1.29 is 4.79 Å². The molecule has 0 atom stereocenters. The normalized spacial score (nSPS) is 22.2. The molecule has 3 aliphatic rings. The lowest BCUT2D eigenvalue weighted by molar-refractivity contribution is -0.113. The Bertz CT molecular complexity index is 952. The average Bonchev–Trinajstić information content (AvgIpc) is 3.57. The molecule has 8 heteroatoms. The lowest BCUT2D eigenvalue weighted by Gasteiger charge is -2.28. The van der Waals surface area contributed by atoms with Gasteiger partial charge in [0.05, 0.1) is 0 Å². The number of Topliss-reactive ketones (excluding diaryl/α,β-unsaturated/α-hetero) is 1. The Hall–Kier alpha value is -3.13. The second kappa shape index (κ2) is 9.79. The first-order valence-corrected chi connectivity index (χ1v) is 12.0. The van der Waals surface area contributed by atoms with E-state index in [-0.39, 0.29) is 5.78 Å². The summed E-state index contributed by atoms with van der Waals surface area (Å²) in [6.45, 7) is 8.31. The Labute approximate surface area is 195 Å². The van der Waals surface area contributed by atoms with Gasteiger partial charge in [-0.1, -0.05) is 6.92 Å². The number of rotatable bonds is 5. The van der Waals surface area contributed by atoms with Crippen molar-refractivity contribution in [2.45, 2.75) is 32.6 Å². The second-order valence-electron chi connectivity index (χ2n) is 8.99. The van der Waals surface area contributed by atoms with Crippen molar-refractivity contribution >= 4 is 29.8 Å². The molecule has 0 N–H and O–H groups in total. The summed E-state index contributed by atoms with van der Waals surface area (Å²) in [4.78, 5) is 38.1. The minimum Gasteiger partial charge on any atom is -0.341 e. The van der Waals surface area contributed by atoms with E-state index in [1.165, 1.54) is 25.7 Å². The number of piperidine rings is 1. The van der Waals surface area contributed by atoms with Crippen LogP contribution in [-0.2, 0) is 4.79 Å². The number of nitrogens with zero attached hydrogens (tertiary/aromatic N) is 7. The molecular formula is C25H31N7O. The van der Waals surface area contributed by atoms with Gasteiger partial charge in [0.25, 0.3) is 0 Å². The molecule has 0 radical (unpaired) electrons. The summed E-state index contributed by atoms with van der Waals surface area (Å²) >= 11 is 0. The Kier molecular flexibility index (Phi) is 6.44. The van der Waals surface area contributed by atoms with Crippen molar-refractivity contribution in [3.63, 3.8) is 0 Å². The van der Waals surface area contributed by atoms with Crippen molar-refractivity contribution in [1.29, 1.82) is 0 Å². The average molecular weight is 446 g/mol. The van der Waals surface area contributed by atoms with Gasteiger partial charge in [0, 0.05) is 86.3 Å². The van der Waals surface area contributed by atoms with Gasteiger partial charge in [-0.3, -0.25) is 9.69 Å². The highest BCUT2D eigenvalue weighted by atomic mass is 16.1. The number of anilines is 2. The summed E-state index contributed by atoms with van der Waals surface area (Å²) in [7, 11) is 0. The second-order valence-corrected chi connectivity index (χ2v) is 8.99. The van der Waals surface area contributed by atoms with Crippen LogP contribution in [0.1, 0.15) is 43.7 Å². The van der Waals surface area contributed by atoms with Crippen molar-refractivity contribution in [2.75, 3.05) is 55.6 Å². The van der Waals surface area contributed by atoms with E-state index in [0.29, 0.717) is 13.1 Å². The summed E-state index contributed by atoms with van der Waals surface area (Å²) in [5.74, 6) is 1.63. The Morgan fingerprint density at radius 3 is 1.48 bits per heavy atom. The Morgan fingerprint density at radius 1 is 0.727 bits per heavy atom. The van der Waals surface area contributed by atoms with Crippen LogP contribution in [-0.4, -0.2) is 76.4 Å². The molecule has 172 valence electrons. The van der Waals surface area contributed by atoms with E-state index >= 15 is 0 Å². The fraction of sp³-hybridized carbons (Fsp3) is 0.480. The fourth-order valence-corrected chi connectivity index (χ4v) is 4.71. The number of ketones is 1. The molecule has 0 amide bonds. The molecule has 2 aromatic rings. The van der Waals surface area contributed by atoms with Crippen LogP contribution < -0.4 is 9.80 Å². The Morgan fingerprint density at radius 2 is 1.12 bits per heavy atom. The van der Waals surface area contributed by atoms with E-state index in [1.807, 2.05) is 36.9 Å². The highest BCUT2D eigenvalue weighted by Gasteiger charge is 2.25. The third-order valence-electron chi connectivity index (χ3n) is 6.59. The first kappa shape index (κ1) is 21.7. The molecule has 5 rings (SSSR count). The number of carbonyl (C=O) groups is 1. The molecule has 0 aliphatic carbocycles. The van der Waals surface area contributed by atoms with E-state index in [4.69, 9.17) is 0 Å². The van der Waals surface area contributed by atoms with Crippen LogP contribution in [0.3, 0.4) is 0 Å². The van der Waals surface area contributed by atoms with Crippen LogP contribution >= 0.6 is 0 Å². The predicted octanol–water partition coefficient (Wildman–Crippen LogP) is 2.84. The lowest BCUT2D eigenvalue weighted by Crippen LogP contribution is -2.37. The summed E-state index contributed by atoms with van der Waals surface area (Å²) < 4.78 is 0. The van der Waals surface area contributed by atoms with E-state index < -0.39 is 0 Å². The van der Waals surface area contributed by atoms with Gasteiger partial charge >= 0.3 is 0 Å². The summed E-state index contributed by atoms with van der Waals surface area (Å²) in [5, 5.41) is 0. The first-order valence-electron chi connectivity index (χ1n) is 12.0. The van der Waals surface area contributed by atoms with Crippen LogP contribution in [0.25, 0.3) is 12.2 Å². The molecule has 0 bridgehead atoms. The number of carbonyl (C=O) groups excluding carboxylic acids is 1. The van der Waals surface area contributed by atoms with Gasteiger partial charge in [0.1, 0.15) is 0 Å². The summed E-state index contributed by atoms with van der Waals surface area (Å²) in [5.41, 5.74) is 3.25. The highest BCUT2D eigenvalue weighted by molar-refractivity contribution is 6.14. The summed E-state index contributed by atoms with van der Waals surface area (Å²) in [6, 6.07) is 0. The zero-order chi connectivity index (χ0) is 22.6. The van der Waals surface area contributed by atoms with E-state index in [1.54, 1.807) is 0 Å². The molecule has 2 aromatic heterocycles. The highest BCUT2D eigenvalue weighted by Crippen LogP contribution is 2.23. The van der Waals surface area contributed by atoms with Crippen molar-refractivity contribution in [3.05, 3.63) is 47.1 Å². The monoisotopic (exact) mass is 445 g/mol. The number of likely N-dealkylation sites (N-methyl/N-ethyl adjacent to an activating group) is 1. The maximum absolute atomic E-state index is 13.3. The predicted molar refractivity (Wildman–Crippen MR) is 130 cm³/mol. The SMILES string of the molecule is CCN1C/C(=C/c2cnc(N3CCCC3)nc2)C(=O)/C(=C/c2cnc(N3CCCC3)nc2)C1. The van der Waals surface area contributed by atoms with Gasteiger partial charge in [-0.05, 0) is 44.4 Å². The third kappa shape index (κ3) is 4.95. The van der Waals surface area contributed by atoms with Crippen LogP contribution in [0.4, 0.5) is 11.9 Å². The first-order chi connectivity index (χ1) is 16.2. The summed E-state index contributed by atoms with van der Waals surface area (Å²) in [6.07, 6.45) is 15.9. The van der Waals surface area contributed by atoms with Gasteiger partial charge in [0.15, 0.2) is 5.78 Å². The molecule has 8 nitrogen and oxygen atoms in total. The van der Waals surface area contributed by atoms with E-state index in [9.17, 15) is 4.79 Å². The number of hydrogen-bond acceptors (Lipinski definition) is 8. The van der Waals surface area contributed by atoms with Crippen LogP contribution in [0.2, 0.25) is 0 Å². The molecule has 0 unspecified atom stereocenters.